The van der Waals surface area contributed by atoms with E-state index < -0.39 is 0 Å². The molecule has 1 N–H and O–H groups in total. The van der Waals surface area contributed by atoms with Gasteiger partial charge in [-0.25, -0.2) is 4.79 Å². The maximum absolute atomic E-state index is 10.9. The van der Waals surface area contributed by atoms with E-state index in [9.17, 15) is 4.79 Å². The number of halogens is 1. The molecule has 0 unspecified atom stereocenters. The van der Waals surface area contributed by atoms with Crippen LogP contribution in [0.3, 0.4) is 0 Å². The van der Waals surface area contributed by atoms with Crippen LogP contribution in [0.15, 0.2) is 0 Å². The molecule has 0 aromatic rings. The summed E-state index contributed by atoms with van der Waals surface area (Å²) in [6.45, 7) is 3.13. The third-order valence-electron chi connectivity index (χ3n) is 1.33. The van der Waals surface area contributed by atoms with Crippen LogP contribution in [0.4, 0.5) is 4.79 Å². The highest BCUT2D eigenvalue weighted by Gasteiger charge is 1.97. The maximum Gasteiger partial charge on any atom is 0.407 e. The number of nitrogens with one attached hydrogen (secondary N) is 1. The van der Waals surface area contributed by atoms with Crippen LogP contribution in [0, 0.1) is 9.85 Å². The normalized spacial score (nSPS) is 8.46. The number of alkyl carbamates (subject to hydrolysis) is 1. The van der Waals surface area contributed by atoms with Crippen molar-refractivity contribution >= 4 is 28.7 Å². The van der Waals surface area contributed by atoms with Crippen molar-refractivity contribution in [1.82, 2.24) is 5.32 Å². The van der Waals surface area contributed by atoms with Gasteiger partial charge in [-0.2, -0.15) is 0 Å². The third kappa shape index (κ3) is 9.47. The highest BCUT2D eigenvalue weighted by molar-refractivity contribution is 14.1. The smallest absolute Gasteiger partial charge is 0.407 e. The molecule has 3 nitrogen and oxygen atoms in total. The number of amides is 1. The van der Waals surface area contributed by atoms with Gasteiger partial charge in [-0.05, 0) is 10.3 Å². The van der Waals surface area contributed by atoms with Crippen LogP contribution >= 0.6 is 22.6 Å². The van der Waals surface area contributed by atoms with E-state index in [1.807, 2.05) is 22.6 Å². The van der Waals surface area contributed by atoms with Gasteiger partial charge in [-0.3, -0.25) is 0 Å². The summed E-state index contributed by atoms with van der Waals surface area (Å²) in [6, 6.07) is 0. The van der Waals surface area contributed by atoms with E-state index in [0.717, 1.165) is 12.8 Å². The SMILES string of the molecule is CCCCNC(=O)OCCC#CI. The summed E-state index contributed by atoms with van der Waals surface area (Å²) in [5.74, 6) is 2.80. The Morgan fingerprint density at radius 3 is 3.00 bits per heavy atom. The maximum atomic E-state index is 10.9. The minimum Gasteiger partial charge on any atom is -0.449 e. The summed E-state index contributed by atoms with van der Waals surface area (Å²) >= 11 is 1.95. The first-order valence-electron chi connectivity index (χ1n) is 4.30. The minimum atomic E-state index is -0.344. The lowest BCUT2D eigenvalue weighted by atomic mass is 10.3. The molecule has 0 bridgehead atoms. The van der Waals surface area contributed by atoms with Gasteiger partial charge in [0, 0.05) is 35.6 Å². The number of carbonyl (C=O) groups excluding carboxylic acids is 1. The van der Waals surface area contributed by atoms with E-state index in [2.05, 4.69) is 22.1 Å². The van der Waals surface area contributed by atoms with Crippen molar-refractivity contribution in [1.29, 1.82) is 0 Å². The van der Waals surface area contributed by atoms with Crippen molar-refractivity contribution in [3.8, 4) is 9.85 Å². The van der Waals surface area contributed by atoms with Crippen LogP contribution in [0.1, 0.15) is 26.2 Å². The van der Waals surface area contributed by atoms with Crippen molar-refractivity contribution in [3.63, 3.8) is 0 Å². The minimum absolute atomic E-state index is 0.344. The fourth-order valence-electron chi connectivity index (χ4n) is 0.660. The van der Waals surface area contributed by atoms with Gasteiger partial charge in [0.25, 0.3) is 0 Å². The molecule has 0 rings (SSSR count). The van der Waals surface area contributed by atoms with Gasteiger partial charge in [0.1, 0.15) is 6.61 Å². The van der Waals surface area contributed by atoms with Gasteiger partial charge in [-0.1, -0.05) is 19.3 Å². The number of hydrogen-bond acceptors (Lipinski definition) is 2. The standard InChI is InChI=1S/C9H14INO2/c1-2-3-7-11-9(12)13-8-5-4-6-10/h2-3,5,7-8H2,1H3,(H,11,12). The van der Waals surface area contributed by atoms with Gasteiger partial charge in [0.05, 0.1) is 0 Å². The van der Waals surface area contributed by atoms with E-state index in [0.29, 0.717) is 19.6 Å². The Kier molecular flexibility index (Phi) is 9.32. The molecule has 74 valence electrons. The average Bonchev–Trinajstić information content (AvgIpc) is 2.13. The van der Waals surface area contributed by atoms with Crippen LogP contribution in [0.25, 0.3) is 0 Å². The summed E-state index contributed by atoms with van der Waals surface area (Å²) in [4.78, 5) is 10.9. The van der Waals surface area contributed by atoms with Crippen molar-refractivity contribution in [2.24, 2.45) is 0 Å². The van der Waals surface area contributed by atoms with Crippen LogP contribution in [-0.4, -0.2) is 19.2 Å². The molecule has 0 atom stereocenters. The lowest BCUT2D eigenvalue weighted by Crippen LogP contribution is -2.25. The zero-order valence-electron chi connectivity index (χ0n) is 7.73. The van der Waals surface area contributed by atoms with Gasteiger partial charge in [-0.15, -0.1) is 0 Å². The van der Waals surface area contributed by atoms with E-state index >= 15 is 0 Å². The molecule has 1 amide bonds. The van der Waals surface area contributed by atoms with E-state index in [1.54, 1.807) is 0 Å². The quantitative estimate of drug-likeness (QED) is 0.480. The molecule has 0 saturated heterocycles. The first-order valence-corrected chi connectivity index (χ1v) is 5.38. The third-order valence-corrected chi connectivity index (χ3v) is 1.71. The molecule has 0 spiro atoms. The molecule has 0 saturated carbocycles. The zero-order chi connectivity index (χ0) is 9.94. The van der Waals surface area contributed by atoms with Gasteiger partial charge in [0.2, 0.25) is 0 Å². The molecule has 0 aromatic carbocycles. The van der Waals surface area contributed by atoms with Crippen LogP contribution in [-0.2, 0) is 4.74 Å². The molecule has 0 aliphatic rings. The highest BCUT2D eigenvalue weighted by Crippen LogP contribution is 1.86. The van der Waals surface area contributed by atoms with Gasteiger partial charge < -0.3 is 10.1 Å². The second-order valence-electron chi connectivity index (χ2n) is 2.44. The highest BCUT2D eigenvalue weighted by atomic mass is 127. The first kappa shape index (κ1) is 12.6. The fourth-order valence-corrected chi connectivity index (χ4v) is 0.930. The van der Waals surface area contributed by atoms with Crippen molar-refractivity contribution in [2.75, 3.05) is 13.2 Å². The number of ether oxygens (including phenoxy) is 1. The molecule has 0 aliphatic carbocycles. The summed E-state index contributed by atoms with van der Waals surface area (Å²) in [5.41, 5.74) is 0. The summed E-state index contributed by atoms with van der Waals surface area (Å²) in [7, 11) is 0. The monoisotopic (exact) mass is 295 g/mol. The Hall–Kier alpha value is -0.440. The second kappa shape index (κ2) is 9.65. The molecular formula is C9H14INO2. The lowest BCUT2D eigenvalue weighted by molar-refractivity contribution is 0.148. The number of hydrogen-bond donors (Lipinski definition) is 1. The molecule has 0 fully saturated rings. The van der Waals surface area contributed by atoms with Crippen LogP contribution in [0.5, 0.6) is 0 Å². The zero-order valence-corrected chi connectivity index (χ0v) is 9.89. The van der Waals surface area contributed by atoms with Gasteiger partial charge >= 0.3 is 6.09 Å². The predicted octanol–water partition coefficient (Wildman–Crippen LogP) is 2.30. The molecule has 0 radical (unpaired) electrons. The summed E-state index contributed by atoms with van der Waals surface area (Å²) < 4.78 is 7.54. The molecule has 13 heavy (non-hydrogen) atoms. The topological polar surface area (TPSA) is 38.3 Å². The number of rotatable bonds is 5. The van der Waals surface area contributed by atoms with E-state index in [-0.39, 0.29) is 6.09 Å². The first-order chi connectivity index (χ1) is 6.31. The van der Waals surface area contributed by atoms with Crippen LogP contribution in [0.2, 0.25) is 0 Å². The Morgan fingerprint density at radius 2 is 2.38 bits per heavy atom. The van der Waals surface area contributed by atoms with E-state index in [4.69, 9.17) is 4.74 Å². The number of unbranched alkanes of at least 4 members (excludes halogenated alkanes) is 1. The molecule has 0 aromatic heterocycles. The Bertz CT molecular complexity index is 196. The second-order valence-corrected chi connectivity index (χ2v) is 2.98. The molecule has 0 heterocycles. The lowest BCUT2D eigenvalue weighted by Gasteiger charge is -2.03. The predicted molar refractivity (Wildman–Crippen MR) is 60.7 cm³/mol. The van der Waals surface area contributed by atoms with Crippen LogP contribution < -0.4 is 5.32 Å². The number of carbonyl (C=O) groups is 1. The Balaban J connectivity index is 3.23. The van der Waals surface area contributed by atoms with E-state index in [1.165, 1.54) is 0 Å². The van der Waals surface area contributed by atoms with Crippen molar-refractivity contribution in [3.05, 3.63) is 0 Å². The fraction of sp³-hybridized carbons (Fsp3) is 0.667. The average molecular weight is 295 g/mol. The summed E-state index contributed by atoms with van der Waals surface area (Å²) in [6.07, 6.45) is 2.32. The Morgan fingerprint density at radius 1 is 1.62 bits per heavy atom. The largest absolute Gasteiger partial charge is 0.449 e. The van der Waals surface area contributed by atoms with Gasteiger partial charge in [0.15, 0.2) is 0 Å². The van der Waals surface area contributed by atoms with Crippen molar-refractivity contribution < 1.29 is 9.53 Å². The summed E-state index contributed by atoms with van der Waals surface area (Å²) in [5, 5.41) is 2.65. The molecule has 4 heteroatoms. The van der Waals surface area contributed by atoms with Crippen molar-refractivity contribution in [2.45, 2.75) is 26.2 Å². The Labute approximate surface area is 92.7 Å². The molecule has 0 aliphatic heterocycles. The molecular weight excluding hydrogens is 281 g/mol.